The van der Waals surface area contributed by atoms with Crippen LogP contribution >= 0.6 is 0 Å². The fourth-order valence-corrected chi connectivity index (χ4v) is 8.04. The first kappa shape index (κ1) is 9.39. The maximum absolute atomic E-state index is 2.44. The molecule has 0 saturated carbocycles. The highest BCUT2D eigenvalue weighted by Crippen LogP contribution is 1.98. The van der Waals surface area contributed by atoms with Gasteiger partial charge < -0.3 is 4.57 Å². The highest BCUT2D eigenvalue weighted by Gasteiger charge is 2.08. The van der Waals surface area contributed by atoms with Gasteiger partial charge in [0, 0.05) is 8.80 Å². The van der Waals surface area contributed by atoms with Gasteiger partial charge in [0.2, 0.25) is 0 Å². The molecule has 0 aliphatic carbocycles. The van der Waals surface area contributed by atoms with Gasteiger partial charge in [-0.2, -0.15) is 0 Å². The van der Waals surface area contributed by atoms with Crippen molar-refractivity contribution in [2.45, 2.75) is 25.3 Å². The van der Waals surface area contributed by atoms with Crippen molar-refractivity contribution >= 4 is 17.8 Å². The Labute approximate surface area is 62.4 Å². The molecular weight excluding hydrogens is 142 g/mol. The van der Waals surface area contributed by atoms with E-state index in [0.29, 0.717) is 0 Å². The molecule has 0 fully saturated rings. The predicted octanol–water partition coefficient (Wildman–Crippen LogP) is 0.927. The molecular formula is C6H19NSi2. The summed E-state index contributed by atoms with van der Waals surface area (Å²) < 4.78 is 2.44. The number of hydrogen-bond acceptors (Lipinski definition) is 1. The van der Waals surface area contributed by atoms with Crippen molar-refractivity contribution in [2.75, 3.05) is 14.1 Å². The predicted molar refractivity (Wildman–Crippen MR) is 50.4 cm³/mol. The van der Waals surface area contributed by atoms with Crippen molar-refractivity contribution in [3.63, 3.8) is 0 Å². The highest BCUT2D eigenvalue weighted by atomic mass is 28.3. The van der Waals surface area contributed by atoms with E-state index in [0.717, 1.165) is 0 Å². The molecule has 0 N–H and O–H groups in total. The van der Waals surface area contributed by atoms with E-state index in [4.69, 9.17) is 0 Å². The second-order valence-electron chi connectivity index (χ2n) is 3.44. The Hall–Kier alpha value is 0.394. The lowest BCUT2D eigenvalue weighted by molar-refractivity contribution is 0.645. The van der Waals surface area contributed by atoms with E-state index in [1.165, 1.54) is 0 Å². The van der Waals surface area contributed by atoms with Crippen molar-refractivity contribution in [3.8, 4) is 0 Å². The Kier molecular flexibility index (Phi) is 4.43. The van der Waals surface area contributed by atoms with E-state index in [1.54, 1.807) is 5.67 Å². The minimum absolute atomic E-state index is 0.264. The van der Waals surface area contributed by atoms with Gasteiger partial charge in [-0.1, -0.05) is 25.3 Å². The topological polar surface area (TPSA) is 3.24 Å². The minimum atomic E-state index is -0.438. The third kappa shape index (κ3) is 4.87. The largest absolute Gasteiger partial charge is 0.332 e. The minimum Gasteiger partial charge on any atom is -0.332 e. The van der Waals surface area contributed by atoms with Crippen LogP contribution in [0.4, 0.5) is 0 Å². The summed E-state index contributed by atoms with van der Waals surface area (Å²) in [6, 6.07) is 0. The van der Waals surface area contributed by atoms with Crippen LogP contribution in [0.15, 0.2) is 0 Å². The summed E-state index contributed by atoms with van der Waals surface area (Å²) in [7, 11) is 3.73. The average molecular weight is 161 g/mol. The van der Waals surface area contributed by atoms with Crippen LogP contribution in [0.3, 0.4) is 0 Å². The Morgan fingerprint density at radius 3 is 1.67 bits per heavy atom. The van der Waals surface area contributed by atoms with Crippen LogP contribution in [0.1, 0.15) is 0 Å². The van der Waals surface area contributed by atoms with E-state index in [1.807, 2.05) is 0 Å². The van der Waals surface area contributed by atoms with Gasteiger partial charge in [0.25, 0.3) is 0 Å². The van der Waals surface area contributed by atoms with Crippen molar-refractivity contribution in [2.24, 2.45) is 0 Å². The van der Waals surface area contributed by atoms with Crippen LogP contribution < -0.4 is 0 Å². The summed E-state index contributed by atoms with van der Waals surface area (Å²) in [5.74, 6) is 0. The lowest BCUT2D eigenvalue weighted by atomic mass is 11.3. The van der Waals surface area contributed by atoms with Gasteiger partial charge in [0.15, 0.2) is 0 Å². The zero-order valence-corrected chi connectivity index (χ0v) is 9.62. The lowest BCUT2D eigenvalue weighted by Gasteiger charge is -2.18. The van der Waals surface area contributed by atoms with E-state index >= 15 is 0 Å². The molecule has 0 aromatic rings. The first-order valence-corrected chi connectivity index (χ1v) is 9.31. The molecule has 9 heavy (non-hydrogen) atoms. The molecule has 56 valence electrons. The zero-order chi connectivity index (χ0) is 7.44. The quantitative estimate of drug-likeness (QED) is 0.557. The molecule has 0 aromatic carbocycles. The molecule has 1 unspecified atom stereocenters. The van der Waals surface area contributed by atoms with Gasteiger partial charge >= 0.3 is 0 Å². The highest BCUT2D eigenvalue weighted by molar-refractivity contribution is 6.74. The van der Waals surface area contributed by atoms with Gasteiger partial charge in [-0.05, 0) is 14.1 Å². The normalized spacial score (nSPS) is 15.0. The summed E-state index contributed by atoms with van der Waals surface area (Å²) >= 11 is 0. The molecule has 0 amide bonds. The number of hydrogen-bond donors (Lipinski definition) is 0. The molecule has 3 heteroatoms. The van der Waals surface area contributed by atoms with Crippen LogP contribution in [0.25, 0.3) is 0 Å². The Balaban J connectivity index is 3.38. The van der Waals surface area contributed by atoms with Crippen LogP contribution in [-0.2, 0) is 0 Å². The van der Waals surface area contributed by atoms with Gasteiger partial charge in [0.1, 0.15) is 8.96 Å². The Morgan fingerprint density at radius 2 is 1.56 bits per heavy atom. The van der Waals surface area contributed by atoms with Crippen LogP contribution in [0.2, 0.25) is 25.3 Å². The van der Waals surface area contributed by atoms with Gasteiger partial charge in [-0.3, -0.25) is 0 Å². The van der Waals surface area contributed by atoms with Crippen LogP contribution in [0.5, 0.6) is 0 Å². The standard InChI is InChI=1S/C6H19NSi2/c1-7(2)9(5)6-8(3)4/h8-9H,6H2,1-5H3. The van der Waals surface area contributed by atoms with Crippen molar-refractivity contribution in [1.29, 1.82) is 0 Å². The molecule has 0 heterocycles. The van der Waals surface area contributed by atoms with Crippen molar-refractivity contribution in [3.05, 3.63) is 0 Å². The maximum atomic E-state index is 2.44. The Morgan fingerprint density at radius 1 is 1.11 bits per heavy atom. The van der Waals surface area contributed by atoms with Crippen LogP contribution in [0, 0.1) is 0 Å². The first-order valence-electron chi connectivity index (χ1n) is 3.70. The van der Waals surface area contributed by atoms with E-state index < -0.39 is 8.96 Å². The fourth-order valence-electron chi connectivity index (χ4n) is 0.893. The number of nitrogens with zero attached hydrogens (tertiary/aromatic N) is 1. The molecule has 0 bridgehead atoms. The fraction of sp³-hybridized carbons (Fsp3) is 1.00. The second kappa shape index (κ2) is 4.25. The molecule has 0 spiro atoms. The van der Waals surface area contributed by atoms with Gasteiger partial charge in [0.05, 0.1) is 0 Å². The molecule has 0 aliphatic heterocycles. The monoisotopic (exact) mass is 161 g/mol. The number of rotatable bonds is 3. The van der Waals surface area contributed by atoms with Crippen molar-refractivity contribution < 1.29 is 0 Å². The smallest absolute Gasteiger partial charge is 0.105 e. The summed E-state index contributed by atoms with van der Waals surface area (Å²) in [6.07, 6.45) is 0. The summed E-state index contributed by atoms with van der Waals surface area (Å²) in [6.45, 7) is 7.31. The van der Waals surface area contributed by atoms with Crippen LogP contribution in [-0.4, -0.2) is 36.4 Å². The Bertz CT molecular complexity index is 73.5. The third-order valence-electron chi connectivity index (χ3n) is 1.69. The summed E-state index contributed by atoms with van der Waals surface area (Å²) in [4.78, 5) is 0. The van der Waals surface area contributed by atoms with E-state index in [2.05, 4.69) is 38.3 Å². The average Bonchev–Trinajstić information content (AvgIpc) is 1.63. The molecule has 0 rings (SSSR count). The lowest BCUT2D eigenvalue weighted by Crippen LogP contribution is -2.32. The summed E-state index contributed by atoms with van der Waals surface area (Å²) in [5.41, 5.74) is 1.58. The molecule has 1 nitrogen and oxygen atoms in total. The zero-order valence-electron chi connectivity index (χ0n) is 7.31. The second-order valence-corrected chi connectivity index (χ2v) is 10.8. The van der Waals surface area contributed by atoms with E-state index in [9.17, 15) is 0 Å². The molecule has 0 saturated heterocycles. The van der Waals surface area contributed by atoms with Crippen molar-refractivity contribution in [1.82, 2.24) is 4.57 Å². The molecule has 0 aromatic heterocycles. The SMILES string of the molecule is CN(C)[SiH](C)C[SiH](C)C. The molecule has 0 aliphatic rings. The molecule has 1 atom stereocenters. The van der Waals surface area contributed by atoms with Gasteiger partial charge in [-0.15, -0.1) is 0 Å². The third-order valence-corrected chi connectivity index (χ3v) is 9.96. The molecule has 0 radical (unpaired) electrons. The first-order chi connectivity index (χ1) is 4.04. The maximum Gasteiger partial charge on any atom is 0.105 e. The van der Waals surface area contributed by atoms with Gasteiger partial charge in [-0.25, -0.2) is 0 Å². The summed E-state index contributed by atoms with van der Waals surface area (Å²) in [5, 5.41) is 0. The van der Waals surface area contributed by atoms with E-state index in [-0.39, 0.29) is 8.80 Å².